The SMILES string of the molecule is CC1OC(c2ccc(OC3CCOC3)c(Cl)c2)O1. The average Bonchev–Trinajstić information content (AvgIpc) is 2.81. The molecule has 0 N–H and O–H groups in total. The molecule has 1 unspecified atom stereocenters. The molecule has 1 aromatic rings. The predicted octanol–water partition coefficient (Wildman–Crippen LogP) is 2.90. The van der Waals surface area contributed by atoms with E-state index < -0.39 is 0 Å². The van der Waals surface area contributed by atoms with E-state index in [2.05, 4.69) is 0 Å². The maximum Gasteiger partial charge on any atom is 0.189 e. The monoisotopic (exact) mass is 270 g/mol. The first-order valence-corrected chi connectivity index (χ1v) is 6.45. The molecule has 0 radical (unpaired) electrons. The number of hydrogen-bond donors (Lipinski definition) is 0. The summed E-state index contributed by atoms with van der Waals surface area (Å²) in [7, 11) is 0. The van der Waals surface area contributed by atoms with Crippen molar-refractivity contribution in [1.82, 2.24) is 0 Å². The van der Waals surface area contributed by atoms with E-state index in [1.807, 2.05) is 25.1 Å². The van der Waals surface area contributed by atoms with Crippen LogP contribution in [0.15, 0.2) is 18.2 Å². The number of rotatable bonds is 3. The van der Waals surface area contributed by atoms with Gasteiger partial charge in [0.25, 0.3) is 0 Å². The van der Waals surface area contributed by atoms with Crippen molar-refractivity contribution < 1.29 is 18.9 Å². The van der Waals surface area contributed by atoms with Gasteiger partial charge in [0.05, 0.1) is 18.2 Å². The minimum atomic E-state index is -0.304. The summed E-state index contributed by atoms with van der Waals surface area (Å²) in [4.78, 5) is 0. The van der Waals surface area contributed by atoms with Crippen LogP contribution in [-0.2, 0) is 14.2 Å². The number of benzene rings is 1. The second-order valence-corrected chi connectivity index (χ2v) is 4.87. The fraction of sp³-hybridized carbons (Fsp3) is 0.538. The zero-order chi connectivity index (χ0) is 12.5. The van der Waals surface area contributed by atoms with Crippen LogP contribution in [-0.4, -0.2) is 25.6 Å². The summed E-state index contributed by atoms with van der Waals surface area (Å²) in [5.41, 5.74) is 0.910. The highest BCUT2D eigenvalue weighted by Gasteiger charge is 2.29. The van der Waals surface area contributed by atoms with Crippen molar-refractivity contribution >= 4 is 11.6 Å². The summed E-state index contributed by atoms with van der Waals surface area (Å²) in [6, 6.07) is 5.59. The zero-order valence-corrected chi connectivity index (χ0v) is 10.9. The Bertz CT molecular complexity index is 425. The van der Waals surface area contributed by atoms with Crippen molar-refractivity contribution in [1.29, 1.82) is 0 Å². The summed E-state index contributed by atoms with van der Waals surface area (Å²) < 4.78 is 21.9. The zero-order valence-electron chi connectivity index (χ0n) is 10.1. The maximum atomic E-state index is 6.19. The Morgan fingerprint density at radius 2 is 2.17 bits per heavy atom. The summed E-state index contributed by atoms with van der Waals surface area (Å²) in [6.45, 7) is 3.24. The van der Waals surface area contributed by atoms with Crippen LogP contribution in [0.5, 0.6) is 5.75 Å². The first kappa shape index (κ1) is 12.2. The van der Waals surface area contributed by atoms with E-state index in [4.69, 9.17) is 30.5 Å². The molecule has 0 saturated carbocycles. The highest BCUT2D eigenvalue weighted by atomic mass is 35.5. The molecule has 1 aromatic carbocycles. The number of halogens is 1. The molecule has 98 valence electrons. The molecule has 2 fully saturated rings. The normalized spacial score (nSPS) is 31.1. The van der Waals surface area contributed by atoms with Crippen molar-refractivity contribution in [3.8, 4) is 5.75 Å². The quantitative estimate of drug-likeness (QED) is 0.846. The molecule has 2 aliphatic rings. The van der Waals surface area contributed by atoms with Crippen molar-refractivity contribution in [2.45, 2.75) is 32.0 Å². The minimum absolute atomic E-state index is 0.101. The molecule has 18 heavy (non-hydrogen) atoms. The van der Waals surface area contributed by atoms with Gasteiger partial charge in [-0.25, -0.2) is 0 Å². The average molecular weight is 271 g/mol. The van der Waals surface area contributed by atoms with Crippen LogP contribution in [0.1, 0.15) is 25.2 Å². The lowest BCUT2D eigenvalue weighted by Gasteiger charge is -2.34. The third-order valence-corrected chi connectivity index (χ3v) is 3.34. The fourth-order valence-electron chi connectivity index (χ4n) is 2.06. The second kappa shape index (κ2) is 5.05. The van der Waals surface area contributed by atoms with Crippen LogP contribution < -0.4 is 4.74 Å². The van der Waals surface area contributed by atoms with Crippen molar-refractivity contribution in [2.24, 2.45) is 0 Å². The van der Waals surface area contributed by atoms with E-state index >= 15 is 0 Å². The van der Waals surface area contributed by atoms with Gasteiger partial charge in [0.2, 0.25) is 0 Å². The van der Waals surface area contributed by atoms with Gasteiger partial charge in [-0.3, -0.25) is 0 Å². The Hall–Kier alpha value is -0.810. The van der Waals surface area contributed by atoms with Gasteiger partial charge in [0, 0.05) is 12.0 Å². The van der Waals surface area contributed by atoms with Gasteiger partial charge in [0.15, 0.2) is 12.6 Å². The standard InChI is InChI=1S/C13H15ClO4/c1-8-16-13(17-8)9-2-3-12(11(14)6-9)18-10-4-5-15-7-10/h2-3,6,8,10,13H,4-5,7H2,1H3. The van der Waals surface area contributed by atoms with Gasteiger partial charge in [-0.05, 0) is 19.1 Å². The molecule has 4 nitrogen and oxygen atoms in total. The van der Waals surface area contributed by atoms with E-state index in [1.165, 1.54) is 0 Å². The molecular formula is C13H15ClO4. The van der Waals surface area contributed by atoms with E-state index in [0.29, 0.717) is 17.4 Å². The van der Waals surface area contributed by atoms with Gasteiger partial charge < -0.3 is 18.9 Å². The molecule has 1 atom stereocenters. The van der Waals surface area contributed by atoms with Gasteiger partial charge in [-0.15, -0.1) is 0 Å². The molecule has 5 heteroatoms. The van der Waals surface area contributed by atoms with Gasteiger partial charge in [-0.2, -0.15) is 0 Å². The van der Waals surface area contributed by atoms with E-state index in [1.54, 1.807) is 0 Å². The van der Waals surface area contributed by atoms with Crippen LogP contribution in [0.2, 0.25) is 5.02 Å². The molecule has 0 bridgehead atoms. The van der Waals surface area contributed by atoms with Crippen LogP contribution in [0.3, 0.4) is 0 Å². The first-order valence-electron chi connectivity index (χ1n) is 6.07. The summed E-state index contributed by atoms with van der Waals surface area (Å²) in [5, 5.41) is 0.575. The Kier molecular flexibility index (Phi) is 3.43. The van der Waals surface area contributed by atoms with Crippen LogP contribution in [0.25, 0.3) is 0 Å². The molecule has 0 amide bonds. The molecule has 0 aromatic heterocycles. The third-order valence-electron chi connectivity index (χ3n) is 3.04. The predicted molar refractivity (Wildman–Crippen MR) is 65.7 cm³/mol. The van der Waals surface area contributed by atoms with E-state index in [0.717, 1.165) is 18.6 Å². The van der Waals surface area contributed by atoms with Crippen molar-refractivity contribution in [3.05, 3.63) is 28.8 Å². The van der Waals surface area contributed by atoms with Gasteiger partial charge in [-0.1, -0.05) is 17.7 Å². The Morgan fingerprint density at radius 3 is 2.78 bits per heavy atom. The Balaban J connectivity index is 1.68. The highest BCUT2D eigenvalue weighted by molar-refractivity contribution is 6.32. The summed E-state index contributed by atoms with van der Waals surface area (Å²) in [5.74, 6) is 0.684. The fourth-order valence-corrected chi connectivity index (χ4v) is 2.29. The number of ether oxygens (including phenoxy) is 4. The van der Waals surface area contributed by atoms with Crippen LogP contribution in [0.4, 0.5) is 0 Å². The lowest BCUT2D eigenvalue weighted by Crippen LogP contribution is -2.31. The third kappa shape index (κ3) is 2.47. The lowest BCUT2D eigenvalue weighted by molar-refractivity contribution is -0.382. The summed E-state index contributed by atoms with van der Waals surface area (Å²) in [6.07, 6.45) is 0.566. The molecular weight excluding hydrogens is 256 g/mol. The molecule has 2 aliphatic heterocycles. The minimum Gasteiger partial charge on any atom is -0.486 e. The molecule has 2 saturated heterocycles. The van der Waals surface area contributed by atoms with E-state index in [-0.39, 0.29) is 18.7 Å². The van der Waals surface area contributed by atoms with Crippen LogP contribution >= 0.6 is 11.6 Å². The van der Waals surface area contributed by atoms with Gasteiger partial charge in [0.1, 0.15) is 11.9 Å². The molecule has 0 spiro atoms. The summed E-state index contributed by atoms with van der Waals surface area (Å²) >= 11 is 6.19. The Labute approximate surface area is 111 Å². The topological polar surface area (TPSA) is 36.9 Å². The largest absolute Gasteiger partial charge is 0.486 e. The Morgan fingerprint density at radius 1 is 1.33 bits per heavy atom. The second-order valence-electron chi connectivity index (χ2n) is 4.47. The highest BCUT2D eigenvalue weighted by Crippen LogP contribution is 2.35. The lowest BCUT2D eigenvalue weighted by atomic mass is 10.2. The molecule has 2 heterocycles. The molecule has 0 aliphatic carbocycles. The van der Waals surface area contributed by atoms with Crippen molar-refractivity contribution in [3.63, 3.8) is 0 Å². The number of hydrogen-bond acceptors (Lipinski definition) is 4. The molecule has 3 rings (SSSR count). The van der Waals surface area contributed by atoms with Crippen LogP contribution in [0, 0.1) is 0 Å². The first-order chi connectivity index (χ1) is 8.72. The van der Waals surface area contributed by atoms with E-state index in [9.17, 15) is 0 Å². The smallest absolute Gasteiger partial charge is 0.189 e. The maximum absolute atomic E-state index is 6.19. The van der Waals surface area contributed by atoms with Gasteiger partial charge >= 0.3 is 0 Å². The van der Waals surface area contributed by atoms with Crippen molar-refractivity contribution in [2.75, 3.05) is 13.2 Å².